The first-order valence-corrected chi connectivity index (χ1v) is 9.08. The molecule has 29 heavy (non-hydrogen) atoms. The first-order valence-electron chi connectivity index (χ1n) is 9.08. The van der Waals surface area contributed by atoms with Crippen molar-refractivity contribution in [3.05, 3.63) is 59.7 Å². The Morgan fingerprint density at radius 2 is 1.45 bits per heavy atom. The van der Waals surface area contributed by atoms with Crippen molar-refractivity contribution in [3.63, 3.8) is 0 Å². The molecule has 0 heterocycles. The Kier molecular flexibility index (Phi) is 6.98. The van der Waals surface area contributed by atoms with E-state index in [0.29, 0.717) is 17.0 Å². The van der Waals surface area contributed by atoms with Crippen LogP contribution in [0.15, 0.2) is 48.5 Å². The Labute approximate surface area is 170 Å². The highest BCUT2D eigenvalue weighted by atomic mass is 16.6. The molecule has 0 unspecified atom stereocenters. The number of ether oxygens (including phenoxy) is 3. The molecule has 0 spiro atoms. The highest BCUT2D eigenvalue weighted by molar-refractivity contribution is 6.01. The van der Waals surface area contributed by atoms with Crippen molar-refractivity contribution >= 4 is 23.5 Å². The van der Waals surface area contributed by atoms with Crippen molar-refractivity contribution in [3.8, 4) is 5.75 Å². The number of anilines is 1. The first kappa shape index (κ1) is 21.9. The standard InChI is InChI=1S/C22H25NO6/c1-14(19(24)15-8-12-18(27-5)13-9-15)28-20(25)16-6-10-17(11-7-16)23-21(26)29-22(2,3)4/h6-14H,1-5H3,(H,23,26)/t14-/m1/s1. The summed E-state index contributed by atoms with van der Waals surface area (Å²) in [5, 5.41) is 2.58. The predicted molar refractivity (Wildman–Crippen MR) is 109 cm³/mol. The molecule has 2 rings (SSSR count). The number of amides is 1. The van der Waals surface area contributed by atoms with E-state index >= 15 is 0 Å². The van der Waals surface area contributed by atoms with Crippen molar-refractivity contribution in [2.24, 2.45) is 0 Å². The first-order chi connectivity index (χ1) is 13.6. The molecule has 0 aliphatic heterocycles. The molecule has 154 valence electrons. The molecule has 1 amide bonds. The van der Waals surface area contributed by atoms with Crippen molar-refractivity contribution < 1.29 is 28.6 Å². The van der Waals surface area contributed by atoms with Gasteiger partial charge in [0.25, 0.3) is 0 Å². The lowest BCUT2D eigenvalue weighted by Gasteiger charge is -2.19. The van der Waals surface area contributed by atoms with Crippen LogP contribution in [0.4, 0.5) is 10.5 Å². The topological polar surface area (TPSA) is 90.9 Å². The van der Waals surface area contributed by atoms with Crippen molar-refractivity contribution in [2.45, 2.75) is 39.4 Å². The largest absolute Gasteiger partial charge is 0.497 e. The van der Waals surface area contributed by atoms with Crippen LogP contribution < -0.4 is 10.1 Å². The van der Waals surface area contributed by atoms with Gasteiger partial charge in [0.2, 0.25) is 5.78 Å². The number of carbonyl (C=O) groups is 3. The van der Waals surface area contributed by atoms with Gasteiger partial charge >= 0.3 is 12.1 Å². The third kappa shape index (κ3) is 6.64. The van der Waals surface area contributed by atoms with Gasteiger partial charge in [0.15, 0.2) is 6.10 Å². The molecule has 0 saturated heterocycles. The average molecular weight is 399 g/mol. The second-order valence-corrected chi connectivity index (χ2v) is 7.34. The number of carbonyl (C=O) groups excluding carboxylic acids is 3. The minimum absolute atomic E-state index is 0.258. The van der Waals surface area contributed by atoms with E-state index in [9.17, 15) is 14.4 Å². The molecule has 0 saturated carbocycles. The van der Waals surface area contributed by atoms with Crippen LogP contribution in [0.3, 0.4) is 0 Å². The van der Waals surface area contributed by atoms with Crippen molar-refractivity contribution in [2.75, 3.05) is 12.4 Å². The van der Waals surface area contributed by atoms with Crippen LogP contribution in [0, 0.1) is 0 Å². The monoisotopic (exact) mass is 399 g/mol. The maximum Gasteiger partial charge on any atom is 0.412 e. The van der Waals surface area contributed by atoms with Crippen LogP contribution >= 0.6 is 0 Å². The quantitative estimate of drug-likeness (QED) is 0.569. The highest BCUT2D eigenvalue weighted by Crippen LogP contribution is 2.16. The number of hydrogen-bond donors (Lipinski definition) is 1. The van der Waals surface area contributed by atoms with Crippen LogP contribution in [-0.4, -0.2) is 36.7 Å². The summed E-state index contributed by atoms with van der Waals surface area (Å²) in [5.74, 6) is -0.321. The SMILES string of the molecule is COc1ccc(C(=O)[C@@H](C)OC(=O)c2ccc(NC(=O)OC(C)(C)C)cc2)cc1. The fourth-order valence-corrected chi connectivity index (χ4v) is 2.38. The zero-order valence-electron chi connectivity index (χ0n) is 17.1. The fourth-order valence-electron chi connectivity index (χ4n) is 2.38. The van der Waals surface area contributed by atoms with E-state index in [1.54, 1.807) is 57.2 Å². The Morgan fingerprint density at radius 1 is 0.897 bits per heavy atom. The van der Waals surface area contributed by atoms with Crippen LogP contribution in [-0.2, 0) is 9.47 Å². The smallest absolute Gasteiger partial charge is 0.412 e. The molecule has 2 aromatic carbocycles. The number of nitrogens with one attached hydrogen (secondary N) is 1. The van der Waals surface area contributed by atoms with Gasteiger partial charge in [-0.25, -0.2) is 9.59 Å². The second-order valence-electron chi connectivity index (χ2n) is 7.34. The molecule has 2 aromatic rings. The Hall–Kier alpha value is -3.35. The predicted octanol–water partition coefficient (Wildman–Crippen LogP) is 4.47. The Bertz CT molecular complexity index is 866. The molecule has 0 aromatic heterocycles. The number of benzene rings is 2. The van der Waals surface area contributed by atoms with E-state index < -0.39 is 23.8 Å². The van der Waals surface area contributed by atoms with Gasteiger partial charge in [0, 0.05) is 11.3 Å². The molecule has 1 N–H and O–H groups in total. The van der Waals surface area contributed by atoms with Gasteiger partial charge in [-0.2, -0.15) is 0 Å². The van der Waals surface area contributed by atoms with E-state index in [0.717, 1.165) is 0 Å². The molecular weight excluding hydrogens is 374 g/mol. The van der Waals surface area contributed by atoms with E-state index in [-0.39, 0.29) is 11.3 Å². The van der Waals surface area contributed by atoms with Gasteiger partial charge in [-0.05, 0) is 76.2 Å². The van der Waals surface area contributed by atoms with E-state index in [1.807, 2.05) is 0 Å². The van der Waals surface area contributed by atoms with Gasteiger partial charge in [-0.15, -0.1) is 0 Å². The van der Waals surface area contributed by atoms with Gasteiger partial charge in [0.05, 0.1) is 12.7 Å². The van der Waals surface area contributed by atoms with Crippen LogP contribution in [0.1, 0.15) is 48.4 Å². The third-order valence-electron chi connectivity index (χ3n) is 3.79. The third-order valence-corrected chi connectivity index (χ3v) is 3.79. The van der Waals surface area contributed by atoms with Crippen LogP contribution in [0.2, 0.25) is 0 Å². The Balaban J connectivity index is 1.95. The zero-order chi connectivity index (χ0) is 21.6. The maximum absolute atomic E-state index is 12.4. The van der Waals surface area contributed by atoms with Gasteiger partial charge in [-0.3, -0.25) is 10.1 Å². The van der Waals surface area contributed by atoms with Gasteiger partial charge < -0.3 is 14.2 Å². The van der Waals surface area contributed by atoms with Gasteiger partial charge in [-0.1, -0.05) is 0 Å². The van der Waals surface area contributed by atoms with E-state index in [4.69, 9.17) is 14.2 Å². The molecule has 1 atom stereocenters. The average Bonchev–Trinajstić information content (AvgIpc) is 2.66. The lowest BCUT2D eigenvalue weighted by atomic mass is 10.1. The molecule has 0 fully saturated rings. The minimum atomic E-state index is -0.949. The fraction of sp³-hybridized carbons (Fsp3) is 0.318. The summed E-state index contributed by atoms with van der Waals surface area (Å²) >= 11 is 0. The van der Waals surface area contributed by atoms with Crippen molar-refractivity contribution in [1.29, 1.82) is 0 Å². The number of ketones is 1. The molecular formula is C22H25NO6. The number of hydrogen-bond acceptors (Lipinski definition) is 6. The van der Waals surface area contributed by atoms with Crippen LogP contribution in [0.5, 0.6) is 5.75 Å². The lowest BCUT2D eigenvalue weighted by Crippen LogP contribution is -2.27. The maximum atomic E-state index is 12.4. The molecule has 7 nitrogen and oxygen atoms in total. The minimum Gasteiger partial charge on any atom is -0.497 e. The van der Waals surface area contributed by atoms with E-state index in [1.165, 1.54) is 26.2 Å². The van der Waals surface area contributed by atoms with Gasteiger partial charge in [0.1, 0.15) is 11.4 Å². The summed E-state index contributed by atoms with van der Waals surface area (Å²) in [5.41, 5.74) is 0.538. The lowest BCUT2D eigenvalue weighted by molar-refractivity contribution is 0.0319. The number of rotatable bonds is 6. The summed E-state index contributed by atoms with van der Waals surface area (Å²) in [6.07, 6.45) is -1.54. The summed E-state index contributed by atoms with van der Waals surface area (Å²) in [6.45, 7) is 6.81. The number of esters is 1. The molecule has 0 aliphatic rings. The molecule has 0 bridgehead atoms. The normalized spacial score (nSPS) is 11.9. The molecule has 0 aliphatic carbocycles. The second kappa shape index (κ2) is 9.23. The molecule has 7 heteroatoms. The molecule has 0 radical (unpaired) electrons. The summed E-state index contributed by atoms with van der Waals surface area (Å²) in [7, 11) is 1.54. The summed E-state index contributed by atoms with van der Waals surface area (Å²) < 4.78 is 15.5. The summed E-state index contributed by atoms with van der Waals surface area (Å²) in [4.78, 5) is 36.5. The Morgan fingerprint density at radius 3 is 1.97 bits per heavy atom. The number of Topliss-reactive ketones (excluding diaryl/α,β-unsaturated/α-hetero) is 1. The zero-order valence-corrected chi connectivity index (χ0v) is 17.1. The number of methoxy groups -OCH3 is 1. The summed E-state index contributed by atoms with van der Waals surface area (Å²) in [6, 6.07) is 12.7. The van der Waals surface area contributed by atoms with Crippen molar-refractivity contribution in [1.82, 2.24) is 0 Å². The highest BCUT2D eigenvalue weighted by Gasteiger charge is 2.21. The van der Waals surface area contributed by atoms with Crippen LogP contribution in [0.25, 0.3) is 0 Å². The van der Waals surface area contributed by atoms with E-state index in [2.05, 4.69) is 5.32 Å².